The van der Waals surface area contributed by atoms with Crippen LogP contribution in [0, 0.1) is 6.92 Å². The molecule has 0 saturated carbocycles. The number of carbonyl (C=O) groups is 1. The molecule has 0 aliphatic rings. The van der Waals surface area contributed by atoms with E-state index in [1.54, 1.807) is 10.7 Å². The third kappa shape index (κ3) is 2.66. The van der Waals surface area contributed by atoms with Crippen LogP contribution >= 0.6 is 0 Å². The molecule has 0 aliphatic heterocycles. The number of aryl methyl sites for hydroxylation is 1. The number of aromatic carboxylic acids is 1. The highest BCUT2D eigenvalue weighted by Crippen LogP contribution is 2.18. The molecule has 0 bridgehead atoms. The molecule has 1 N–H and O–H groups in total. The molecule has 3 aromatic rings. The van der Waals surface area contributed by atoms with Gasteiger partial charge in [-0.25, -0.2) is 9.48 Å². The lowest BCUT2D eigenvalue weighted by Gasteiger charge is -2.03. The molecule has 21 heavy (non-hydrogen) atoms. The molecule has 0 atom stereocenters. The van der Waals surface area contributed by atoms with Gasteiger partial charge in [-0.15, -0.1) is 5.10 Å². The second-order valence-electron chi connectivity index (χ2n) is 4.60. The number of tetrazole rings is 1. The van der Waals surface area contributed by atoms with Crippen molar-refractivity contribution < 1.29 is 14.3 Å². The first-order valence-corrected chi connectivity index (χ1v) is 6.29. The van der Waals surface area contributed by atoms with Crippen molar-refractivity contribution in [2.24, 2.45) is 0 Å². The number of furan rings is 1. The molecular formula is C14H12N4O3. The molecule has 2 aromatic heterocycles. The molecule has 0 fully saturated rings. The van der Waals surface area contributed by atoms with E-state index in [0.717, 1.165) is 11.1 Å². The average Bonchev–Trinajstić information content (AvgIpc) is 3.10. The number of nitrogens with zero attached hydrogens (tertiary/aromatic N) is 4. The SMILES string of the molecule is Cc1ccc(-c2nnnn2Cc2ccc(C(=O)O)o2)cc1. The zero-order valence-corrected chi connectivity index (χ0v) is 11.2. The van der Waals surface area contributed by atoms with Crippen molar-refractivity contribution in [3.05, 3.63) is 53.5 Å². The number of benzene rings is 1. The smallest absolute Gasteiger partial charge is 0.371 e. The second-order valence-corrected chi connectivity index (χ2v) is 4.60. The fraction of sp³-hybridized carbons (Fsp3) is 0.143. The zero-order chi connectivity index (χ0) is 14.8. The first kappa shape index (κ1) is 13.0. The Morgan fingerprint density at radius 1 is 1.24 bits per heavy atom. The summed E-state index contributed by atoms with van der Waals surface area (Å²) in [5.41, 5.74) is 2.03. The van der Waals surface area contributed by atoms with E-state index in [9.17, 15) is 4.79 Å². The molecule has 7 nitrogen and oxygen atoms in total. The quantitative estimate of drug-likeness (QED) is 0.787. The van der Waals surface area contributed by atoms with E-state index < -0.39 is 5.97 Å². The second kappa shape index (κ2) is 5.20. The summed E-state index contributed by atoms with van der Waals surface area (Å²) in [5.74, 6) is -0.122. The van der Waals surface area contributed by atoms with Gasteiger partial charge < -0.3 is 9.52 Å². The summed E-state index contributed by atoms with van der Waals surface area (Å²) in [6, 6.07) is 10.8. The summed E-state index contributed by atoms with van der Waals surface area (Å²) < 4.78 is 6.78. The normalized spacial score (nSPS) is 10.7. The summed E-state index contributed by atoms with van der Waals surface area (Å²) >= 11 is 0. The van der Waals surface area contributed by atoms with Crippen molar-refractivity contribution in [3.63, 3.8) is 0 Å². The standard InChI is InChI=1S/C14H12N4O3/c1-9-2-4-10(5-3-9)13-15-16-17-18(13)8-11-6-7-12(21-11)14(19)20/h2-7H,8H2,1H3,(H,19,20). The summed E-state index contributed by atoms with van der Waals surface area (Å²) in [7, 11) is 0. The van der Waals surface area contributed by atoms with Crippen LogP contribution in [0.2, 0.25) is 0 Å². The lowest BCUT2D eigenvalue weighted by molar-refractivity contribution is 0.0660. The van der Waals surface area contributed by atoms with Gasteiger partial charge in [-0.05, 0) is 29.5 Å². The van der Waals surface area contributed by atoms with E-state index in [2.05, 4.69) is 15.5 Å². The Hall–Kier alpha value is -2.96. The van der Waals surface area contributed by atoms with E-state index >= 15 is 0 Å². The Morgan fingerprint density at radius 2 is 2.00 bits per heavy atom. The molecule has 106 valence electrons. The minimum Gasteiger partial charge on any atom is -0.475 e. The van der Waals surface area contributed by atoms with Crippen LogP contribution in [0.15, 0.2) is 40.8 Å². The molecule has 0 radical (unpaired) electrons. The van der Waals surface area contributed by atoms with Crippen LogP contribution in [-0.2, 0) is 6.54 Å². The van der Waals surface area contributed by atoms with E-state index in [-0.39, 0.29) is 12.3 Å². The maximum absolute atomic E-state index is 10.8. The first-order valence-electron chi connectivity index (χ1n) is 6.29. The minimum atomic E-state index is -1.10. The molecule has 0 aliphatic carbocycles. The maximum atomic E-state index is 10.8. The van der Waals surface area contributed by atoms with Crippen LogP contribution in [-0.4, -0.2) is 31.3 Å². The van der Waals surface area contributed by atoms with Crippen LogP contribution in [0.25, 0.3) is 11.4 Å². The Labute approximate surface area is 119 Å². The third-order valence-corrected chi connectivity index (χ3v) is 3.02. The Kier molecular flexibility index (Phi) is 3.23. The van der Waals surface area contributed by atoms with Crippen LogP contribution < -0.4 is 0 Å². The highest BCUT2D eigenvalue weighted by atomic mass is 16.4. The molecule has 7 heteroatoms. The molecular weight excluding hydrogens is 272 g/mol. The van der Waals surface area contributed by atoms with Crippen LogP contribution in [0.1, 0.15) is 21.9 Å². The van der Waals surface area contributed by atoms with Gasteiger partial charge in [0.1, 0.15) is 12.3 Å². The van der Waals surface area contributed by atoms with E-state index in [1.807, 2.05) is 31.2 Å². The monoisotopic (exact) mass is 284 g/mol. The maximum Gasteiger partial charge on any atom is 0.371 e. The highest BCUT2D eigenvalue weighted by Gasteiger charge is 2.13. The number of aromatic nitrogens is 4. The number of hydrogen-bond acceptors (Lipinski definition) is 5. The van der Waals surface area contributed by atoms with Gasteiger partial charge in [0, 0.05) is 5.56 Å². The summed E-state index contributed by atoms with van der Waals surface area (Å²) in [6.45, 7) is 2.27. The van der Waals surface area contributed by atoms with Gasteiger partial charge in [0.05, 0.1) is 0 Å². The van der Waals surface area contributed by atoms with E-state index in [1.165, 1.54) is 6.07 Å². The fourth-order valence-electron chi connectivity index (χ4n) is 1.95. The fourth-order valence-corrected chi connectivity index (χ4v) is 1.95. The molecule has 3 rings (SSSR count). The van der Waals surface area contributed by atoms with Crippen molar-refractivity contribution >= 4 is 5.97 Å². The molecule has 0 spiro atoms. The van der Waals surface area contributed by atoms with Crippen LogP contribution in [0.4, 0.5) is 0 Å². The van der Waals surface area contributed by atoms with Gasteiger partial charge in [0.25, 0.3) is 0 Å². The van der Waals surface area contributed by atoms with Crippen molar-refractivity contribution in [3.8, 4) is 11.4 Å². The van der Waals surface area contributed by atoms with Crippen molar-refractivity contribution in [1.29, 1.82) is 0 Å². The summed E-state index contributed by atoms with van der Waals surface area (Å²) in [4.78, 5) is 10.8. The Balaban J connectivity index is 1.88. The Morgan fingerprint density at radius 3 is 2.67 bits per heavy atom. The number of hydrogen-bond donors (Lipinski definition) is 1. The lowest BCUT2D eigenvalue weighted by Crippen LogP contribution is -2.03. The van der Waals surface area contributed by atoms with Gasteiger partial charge in [-0.3, -0.25) is 0 Å². The number of rotatable bonds is 4. The van der Waals surface area contributed by atoms with Crippen LogP contribution in [0.3, 0.4) is 0 Å². The predicted molar refractivity (Wildman–Crippen MR) is 72.8 cm³/mol. The topological polar surface area (TPSA) is 94.0 Å². The average molecular weight is 284 g/mol. The molecule has 1 aromatic carbocycles. The molecule has 0 amide bonds. The van der Waals surface area contributed by atoms with Gasteiger partial charge in [0.2, 0.25) is 5.76 Å². The minimum absolute atomic E-state index is 0.102. The highest BCUT2D eigenvalue weighted by molar-refractivity contribution is 5.84. The summed E-state index contributed by atoms with van der Waals surface area (Å²) in [6.07, 6.45) is 0. The predicted octanol–water partition coefficient (Wildman–Crippen LogP) is 1.99. The third-order valence-electron chi connectivity index (χ3n) is 3.02. The Bertz CT molecular complexity index is 774. The van der Waals surface area contributed by atoms with E-state index in [0.29, 0.717) is 11.6 Å². The van der Waals surface area contributed by atoms with Gasteiger partial charge in [-0.2, -0.15) is 0 Å². The molecule has 2 heterocycles. The first-order chi connectivity index (χ1) is 10.1. The van der Waals surface area contributed by atoms with Gasteiger partial charge in [-0.1, -0.05) is 29.8 Å². The lowest BCUT2D eigenvalue weighted by atomic mass is 10.1. The zero-order valence-electron chi connectivity index (χ0n) is 11.2. The van der Waals surface area contributed by atoms with Crippen molar-refractivity contribution in [2.45, 2.75) is 13.5 Å². The largest absolute Gasteiger partial charge is 0.475 e. The number of carboxylic acid groups (broad SMARTS) is 1. The van der Waals surface area contributed by atoms with Gasteiger partial charge in [0.15, 0.2) is 5.82 Å². The van der Waals surface area contributed by atoms with Gasteiger partial charge >= 0.3 is 5.97 Å². The van der Waals surface area contributed by atoms with Crippen molar-refractivity contribution in [1.82, 2.24) is 20.2 Å². The molecule has 0 unspecified atom stereocenters. The number of carboxylic acids is 1. The van der Waals surface area contributed by atoms with Crippen LogP contribution in [0.5, 0.6) is 0 Å². The van der Waals surface area contributed by atoms with E-state index in [4.69, 9.17) is 9.52 Å². The summed E-state index contributed by atoms with van der Waals surface area (Å²) in [5, 5.41) is 20.4. The molecule has 0 saturated heterocycles. The van der Waals surface area contributed by atoms with Crippen molar-refractivity contribution in [2.75, 3.05) is 0 Å².